The third-order valence-electron chi connectivity index (χ3n) is 5.28. The third kappa shape index (κ3) is 5.72. The zero-order valence-corrected chi connectivity index (χ0v) is 18.5. The Hall–Kier alpha value is -3.23. The van der Waals surface area contributed by atoms with E-state index in [1.807, 2.05) is 41.3 Å². The molecule has 2 aromatic carbocycles. The first-order valence-electron chi connectivity index (χ1n) is 10.4. The minimum atomic E-state index is -0.117. The maximum atomic E-state index is 12.7. The molecule has 8 nitrogen and oxygen atoms in total. The van der Waals surface area contributed by atoms with Crippen LogP contribution in [-0.2, 0) is 22.6 Å². The predicted octanol–water partition coefficient (Wildman–Crippen LogP) is 3.24. The van der Waals surface area contributed by atoms with Gasteiger partial charge in [-0.15, -0.1) is 0 Å². The first-order chi connectivity index (χ1) is 15.5. The fraction of sp³-hybridized carbons (Fsp3) is 0.304. The van der Waals surface area contributed by atoms with Crippen molar-refractivity contribution in [2.45, 2.75) is 19.9 Å². The maximum Gasteiger partial charge on any atom is 0.241 e. The fourth-order valence-electron chi connectivity index (χ4n) is 3.58. The lowest BCUT2D eigenvalue weighted by Crippen LogP contribution is -2.48. The molecule has 166 valence electrons. The SMILES string of the molecule is CC(=O)Nc1ccc(CC(=O)N2CCN(Cc3nc(-c4ccc(Cl)cc4)no3)CC2)cc1. The van der Waals surface area contributed by atoms with E-state index < -0.39 is 0 Å². The number of aromatic nitrogens is 2. The van der Waals surface area contributed by atoms with Crippen LogP contribution in [0.25, 0.3) is 11.4 Å². The molecule has 2 amide bonds. The van der Waals surface area contributed by atoms with Crippen LogP contribution in [0.2, 0.25) is 5.02 Å². The summed E-state index contributed by atoms with van der Waals surface area (Å²) < 4.78 is 5.40. The van der Waals surface area contributed by atoms with Crippen molar-refractivity contribution >= 4 is 29.1 Å². The van der Waals surface area contributed by atoms with Gasteiger partial charge in [-0.05, 0) is 42.0 Å². The van der Waals surface area contributed by atoms with Crippen molar-refractivity contribution in [3.05, 3.63) is 65.0 Å². The van der Waals surface area contributed by atoms with E-state index in [9.17, 15) is 9.59 Å². The highest BCUT2D eigenvalue weighted by Crippen LogP contribution is 2.19. The molecule has 1 aromatic heterocycles. The van der Waals surface area contributed by atoms with Crippen LogP contribution in [0.15, 0.2) is 53.1 Å². The van der Waals surface area contributed by atoms with E-state index in [0.29, 0.717) is 42.8 Å². The van der Waals surface area contributed by atoms with Gasteiger partial charge in [0.25, 0.3) is 0 Å². The number of halogens is 1. The Morgan fingerprint density at radius 2 is 1.72 bits per heavy atom. The summed E-state index contributed by atoms with van der Waals surface area (Å²) in [5.41, 5.74) is 2.50. The number of amides is 2. The van der Waals surface area contributed by atoms with Crippen molar-refractivity contribution in [3.63, 3.8) is 0 Å². The molecular weight excluding hydrogens is 430 g/mol. The van der Waals surface area contributed by atoms with Crippen LogP contribution in [0.5, 0.6) is 0 Å². The molecule has 0 spiro atoms. The zero-order valence-electron chi connectivity index (χ0n) is 17.8. The molecule has 4 rings (SSSR count). The lowest BCUT2D eigenvalue weighted by Gasteiger charge is -2.34. The molecule has 1 fully saturated rings. The monoisotopic (exact) mass is 453 g/mol. The minimum absolute atomic E-state index is 0.0970. The number of hydrogen-bond donors (Lipinski definition) is 1. The number of benzene rings is 2. The van der Waals surface area contributed by atoms with E-state index >= 15 is 0 Å². The number of carbonyl (C=O) groups excluding carboxylic acids is 2. The summed E-state index contributed by atoms with van der Waals surface area (Å²) >= 11 is 5.92. The molecule has 1 saturated heterocycles. The Labute approximate surface area is 191 Å². The van der Waals surface area contributed by atoms with Crippen molar-refractivity contribution in [1.29, 1.82) is 0 Å². The standard InChI is InChI=1S/C23H24ClN5O3/c1-16(30)25-20-8-2-17(3-9-20)14-22(31)29-12-10-28(11-13-29)15-21-26-23(27-32-21)18-4-6-19(24)7-5-18/h2-9H,10-15H2,1H3,(H,25,30). The average Bonchev–Trinajstić information content (AvgIpc) is 3.24. The van der Waals surface area contributed by atoms with Gasteiger partial charge in [0.05, 0.1) is 13.0 Å². The Morgan fingerprint density at radius 1 is 1.03 bits per heavy atom. The molecule has 1 aliphatic heterocycles. The molecule has 1 aliphatic rings. The highest BCUT2D eigenvalue weighted by molar-refractivity contribution is 6.30. The molecule has 0 atom stereocenters. The summed E-state index contributed by atoms with van der Waals surface area (Å²) in [7, 11) is 0. The minimum Gasteiger partial charge on any atom is -0.340 e. The van der Waals surface area contributed by atoms with Gasteiger partial charge in [-0.2, -0.15) is 4.98 Å². The molecular formula is C23H24ClN5O3. The van der Waals surface area contributed by atoms with E-state index in [1.165, 1.54) is 6.92 Å². The Kier molecular flexibility index (Phi) is 6.82. The number of carbonyl (C=O) groups is 2. The number of rotatable bonds is 6. The fourth-order valence-corrected chi connectivity index (χ4v) is 3.70. The van der Waals surface area contributed by atoms with Crippen molar-refractivity contribution in [2.24, 2.45) is 0 Å². The molecule has 0 unspecified atom stereocenters. The van der Waals surface area contributed by atoms with Crippen LogP contribution in [0, 0.1) is 0 Å². The molecule has 1 N–H and O–H groups in total. The molecule has 0 radical (unpaired) electrons. The predicted molar refractivity (Wildman–Crippen MR) is 121 cm³/mol. The van der Waals surface area contributed by atoms with Crippen molar-refractivity contribution in [1.82, 2.24) is 19.9 Å². The number of nitrogens with one attached hydrogen (secondary N) is 1. The first-order valence-corrected chi connectivity index (χ1v) is 10.8. The molecule has 0 aliphatic carbocycles. The van der Waals surface area contributed by atoms with Crippen LogP contribution in [0.3, 0.4) is 0 Å². The second-order valence-electron chi connectivity index (χ2n) is 7.73. The quantitative estimate of drug-likeness (QED) is 0.616. The topological polar surface area (TPSA) is 91.6 Å². The number of piperazine rings is 1. The van der Waals surface area contributed by atoms with Gasteiger partial charge >= 0.3 is 0 Å². The summed E-state index contributed by atoms with van der Waals surface area (Å²) in [6.45, 7) is 4.81. The molecule has 3 aromatic rings. The smallest absolute Gasteiger partial charge is 0.241 e. The van der Waals surface area contributed by atoms with E-state index in [-0.39, 0.29) is 11.8 Å². The summed E-state index contributed by atoms with van der Waals surface area (Å²) in [4.78, 5) is 32.3. The normalized spacial score (nSPS) is 14.4. The van der Waals surface area contributed by atoms with Gasteiger partial charge in [0.15, 0.2) is 0 Å². The average molecular weight is 454 g/mol. The van der Waals surface area contributed by atoms with Crippen LogP contribution in [0.1, 0.15) is 18.4 Å². The summed E-state index contributed by atoms with van der Waals surface area (Å²) in [5, 5.41) is 7.43. The lowest BCUT2D eigenvalue weighted by atomic mass is 10.1. The summed E-state index contributed by atoms with van der Waals surface area (Å²) in [6, 6.07) is 14.7. The first kappa shape index (κ1) is 22.0. The second-order valence-corrected chi connectivity index (χ2v) is 8.17. The van der Waals surface area contributed by atoms with E-state index in [0.717, 1.165) is 29.9 Å². The molecule has 0 bridgehead atoms. The largest absolute Gasteiger partial charge is 0.340 e. The van der Waals surface area contributed by atoms with Crippen LogP contribution >= 0.6 is 11.6 Å². The second kappa shape index (κ2) is 9.93. The lowest BCUT2D eigenvalue weighted by molar-refractivity contribution is -0.132. The van der Waals surface area contributed by atoms with Crippen molar-refractivity contribution in [2.75, 3.05) is 31.5 Å². The Morgan fingerprint density at radius 3 is 2.38 bits per heavy atom. The van der Waals surface area contributed by atoms with E-state index in [2.05, 4.69) is 20.4 Å². The molecule has 9 heteroatoms. The van der Waals surface area contributed by atoms with Crippen molar-refractivity contribution < 1.29 is 14.1 Å². The van der Waals surface area contributed by atoms with E-state index in [1.54, 1.807) is 12.1 Å². The third-order valence-corrected chi connectivity index (χ3v) is 5.54. The molecule has 0 saturated carbocycles. The highest BCUT2D eigenvalue weighted by Gasteiger charge is 2.22. The van der Waals surface area contributed by atoms with Crippen LogP contribution < -0.4 is 5.32 Å². The van der Waals surface area contributed by atoms with Crippen molar-refractivity contribution in [3.8, 4) is 11.4 Å². The summed E-state index contributed by atoms with van der Waals surface area (Å²) in [6.07, 6.45) is 0.342. The number of anilines is 1. The number of hydrogen-bond acceptors (Lipinski definition) is 6. The summed E-state index contributed by atoms with van der Waals surface area (Å²) in [5.74, 6) is 1.07. The Bertz CT molecular complexity index is 1070. The van der Waals surface area contributed by atoms with Crippen LogP contribution in [0.4, 0.5) is 5.69 Å². The van der Waals surface area contributed by atoms with Gasteiger partial charge in [-0.25, -0.2) is 0 Å². The van der Waals surface area contributed by atoms with Gasteiger partial charge in [0, 0.05) is 49.4 Å². The molecule has 32 heavy (non-hydrogen) atoms. The maximum absolute atomic E-state index is 12.7. The van der Waals surface area contributed by atoms with Gasteiger partial charge in [0.1, 0.15) is 0 Å². The van der Waals surface area contributed by atoms with Crippen LogP contribution in [-0.4, -0.2) is 57.9 Å². The number of nitrogens with zero attached hydrogens (tertiary/aromatic N) is 4. The van der Waals surface area contributed by atoms with Gasteiger partial charge in [-0.1, -0.05) is 28.9 Å². The molecule has 2 heterocycles. The zero-order chi connectivity index (χ0) is 22.5. The Balaban J connectivity index is 1.25. The van der Waals surface area contributed by atoms with Gasteiger partial charge < -0.3 is 14.7 Å². The van der Waals surface area contributed by atoms with E-state index in [4.69, 9.17) is 16.1 Å². The van der Waals surface area contributed by atoms with Gasteiger partial charge in [0.2, 0.25) is 23.5 Å². The highest BCUT2D eigenvalue weighted by atomic mass is 35.5. The van der Waals surface area contributed by atoms with Gasteiger partial charge in [-0.3, -0.25) is 14.5 Å².